The van der Waals surface area contributed by atoms with Crippen molar-refractivity contribution in [3.8, 4) is 11.1 Å². The Bertz CT molecular complexity index is 925. The highest BCUT2D eigenvalue weighted by Crippen LogP contribution is 2.37. The van der Waals surface area contributed by atoms with Crippen molar-refractivity contribution in [1.29, 1.82) is 0 Å². The largest absolute Gasteiger partial charge is 0.363 e. The highest BCUT2D eigenvalue weighted by Gasteiger charge is 2.20. The number of nitrogens with zero attached hydrogens (tertiary/aromatic N) is 1. The Hall–Kier alpha value is -1.58. The van der Waals surface area contributed by atoms with Crippen LogP contribution in [0.15, 0.2) is 69.6 Å². The van der Waals surface area contributed by atoms with E-state index >= 15 is 0 Å². The first-order valence-electron chi connectivity index (χ1n) is 10.5. The van der Waals surface area contributed by atoms with Gasteiger partial charge in [0.2, 0.25) is 0 Å². The fraction of sp³-hybridized carbons (Fsp3) is 0.308. The summed E-state index contributed by atoms with van der Waals surface area (Å²) in [6.45, 7) is 4.09. The lowest BCUT2D eigenvalue weighted by Crippen LogP contribution is -2.20. The molecule has 0 N–H and O–H groups in total. The van der Waals surface area contributed by atoms with E-state index in [1.165, 1.54) is 65.6 Å². The van der Waals surface area contributed by atoms with Gasteiger partial charge in [-0.2, -0.15) is 0 Å². The molecule has 0 saturated heterocycles. The second kappa shape index (κ2) is 9.49. The molecule has 3 aromatic carbocycles. The molecule has 1 aliphatic heterocycles. The van der Waals surface area contributed by atoms with Crippen LogP contribution < -0.4 is 4.90 Å². The second-order valence-electron chi connectivity index (χ2n) is 7.94. The van der Waals surface area contributed by atoms with Crippen molar-refractivity contribution in [3.05, 3.63) is 86.3 Å². The summed E-state index contributed by atoms with van der Waals surface area (Å²) >= 11 is 7.32. The zero-order valence-corrected chi connectivity index (χ0v) is 20.1. The molecule has 0 fully saturated rings. The molecule has 0 aromatic heterocycles. The standard InChI is InChI=1S/C26H27Br2N/c1-2-3-4-5-6-19-7-11-24(12-8-19)29-17-20-15-22(27)9-13-25(20)26-14-10-23(28)16-21(26)18-29/h7-16H,2-6,17-18H2,1H3. The monoisotopic (exact) mass is 511 g/mol. The molecule has 3 aromatic rings. The quantitative estimate of drug-likeness (QED) is 0.299. The predicted molar refractivity (Wildman–Crippen MR) is 131 cm³/mol. The SMILES string of the molecule is CCCCCCc1ccc(N2Cc3cc(Br)ccc3-c3ccc(Br)cc3C2)cc1. The van der Waals surface area contributed by atoms with Crippen LogP contribution in [-0.4, -0.2) is 0 Å². The number of hydrogen-bond acceptors (Lipinski definition) is 1. The molecule has 3 heteroatoms. The first-order valence-corrected chi connectivity index (χ1v) is 12.1. The second-order valence-corrected chi connectivity index (χ2v) is 9.77. The van der Waals surface area contributed by atoms with Crippen molar-refractivity contribution in [2.45, 2.75) is 52.1 Å². The Labute approximate surface area is 191 Å². The molecule has 0 saturated carbocycles. The van der Waals surface area contributed by atoms with Gasteiger partial charge in [-0.05, 0) is 77.1 Å². The molecule has 0 aliphatic carbocycles. The molecule has 29 heavy (non-hydrogen) atoms. The Morgan fingerprint density at radius 2 is 1.31 bits per heavy atom. The van der Waals surface area contributed by atoms with Crippen molar-refractivity contribution in [2.75, 3.05) is 4.90 Å². The van der Waals surface area contributed by atoms with Gasteiger partial charge >= 0.3 is 0 Å². The van der Waals surface area contributed by atoms with Crippen molar-refractivity contribution < 1.29 is 0 Å². The zero-order chi connectivity index (χ0) is 20.2. The molecular formula is C26H27Br2N. The number of aryl methyl sites for hydroxylation is 1. The summed E-state index contributed by atoms with van der Waals surface area (Å²) in [5.41, 5.74) is 8.15. The van der Waals surface area contributed by atoms with Crippen LogP contribution in [0.5, 0.6) is 0 Å². The first kappa shape index (κ1) is 20.7. The number of unbranched alkanes of at least 4 members (excludes halogenated alkanes) is 3. The summed E-state index contributed by atoms with van der Waals surface area (Å²) in [4.78, 5) is 2.49. The van der Waals surface area contributed by atoms with Crippen LogP contribution in [0.1, 0.15) is 49.3 Å². The van der Waals surface area contributed by atoms with Gasteiger partial charge in [-0.15, -0.1) is 0 Å². The van der Waals surface area contributed by atoms with Crippen LogP contribution in [0.3, 0.4) is 0 Å². The van der Waals surface area contributed by atoms with E-state index in [9.17, 15) is 0 Å². The number of halogens is 2. The zero-order valence-electron chi connectivity index (χ0n) is 16.9. The maximum absolute atomic E-state index is 3.66. The van der Waals surface area contributed by atoms with E-state index in [-0.39, 0.29) is 0 Å². The molecule has 1 heterocycles. The highest BCUT2D eigenvalue weighted by molar-refractivity contribution is 9.10. The van der Waals surface area contributed by atoms with Crippen molar-refractivity contribution in [2.24, 2.45) is 0 Å². The summed E-state index contributed by atoms with van der Waals surface area (Å²) in [7, 11) is 0. The van der Waals surface area contributed by atoms with Crippen molar-refractivity contribution in [1.82, 2.24) is 0 Å². The lowest BCUT2D eigenvalue weighted by Gasteiger charge is -2.24. The lowest BCUT2D eigenvalue weighted by molar-refractivity contribution is 0.667. The summed E-state index contributed by atoms with van der Waals surface area (Å²) in [5.74, 6) is 0. The smallest absolute Gasteiger partial charge is 0.0439 e. The van der Waals surface area contributed by atoms with Gasteiger partial charge in [0.1, 0.15) is 0 Å². The summed E-state index contributed by atoms with van der Waals surface area (Å²) < 4.78 is 2.28. The topological polar surface area (TPSA) is 3.24 Å². The van der Waals surface area contributed by atoms with E-state index in [4.69, 9.17) is 0 Å². The first-order chi connectivity index (χ1) is 14.1. The fourth-order valence-corrected chi connectivity index (χ4v) is 5.01. The number of anilines is 1. The maximum Gasteiger partial charge on any atom is 0.0439 e. The highest BCUT2D eigenvalue weighted by atomic mass is 79.9. The van der Waals surface area contributed by atoms with Crippen LogP contribution in [0.2, 0.25) is 0 Å². The third-order valence-electron chi connectivity index (χ3n) is 5.77. The molecule has 0 bridgehead atoms. The van der Waals surface area contributed by atoms with E-state index < -0.39 is 0 Å². The van der Waals surface area contributed by atoms with E-state index in [1.807, 2.05) is 0 Å². The molecule has 0 radical (unpaired) electrons. The summed E-state index contributed by atoms with van der Waals surface area (Å²) in [6.07, 6.45) is 6.45. The number of hydrogen-bond donors (Lipinski definition) is 0. The van der Waals surface area contributed by atoms with Crippen LogP contribution >= 0.6 is 31.9 Å². The minimum absolute atomic E-state index is 0.914. The summed E-state index contributed by atoms with van der Waals surface area (Å²) in [6, 6.07) is 22.5. The fourth-order valence-electron chi connectivity index (χ4n) is 4.19. The third-order valence-corrected chi connectivity index (χ3v) is 6.75. The predicted octanol–water partition coefficient (Wildman–Crippen LogP) is 8.52. The van der Waals surface area contributed by atoms with E-state index in [1.54, 1.807) is 0 Å². The Balaban J connectivity index is 1.61. The normalized spacial score (nSPS) is 13.0. The van der Waals surface area contributed by atoms with Gasteiger partial charge in [0.15, 0.2) is 0 Å². The molecule has 150 valence electrons. The van der Waals surface area contributed by atoms with Gasteiger partial charge in [-0.25, -0.2) is 0 Å². The average molecular weight is 513 g/mol. The van der Waals surface area contributed by atoms with E-state index in [0.29, 0.717) is 0 Å². The van der Waals surface area contributed by atoms with Crippen molar-refractivity contribution in [3.63, 3.8) is 0 Å². The number of fused-ring (bicyclic) bond motifs is 3. The van der Waals surface area contributed by atoms with Gasteiger partial charge in [0, 0.05) is 27.7 Å². The molecular weight excluding hydrogens is 486 g/mol. The van der Waals surface area contributed by atoms with E-state index in [0.717, 1.165) is 22.0 Å². The Morgan fingerprint density at radius 1 is 0.724 bits per heavy atom. The van der Waals surface area contributed by atoms with Gasteiger partial charge in [0.05, 0.1) is 0 Å². The maximum atomic E-state index is 3.66. The molecule has 1 aliphatic rings. The number of benzene rings is 3. The van der Waals surface area contributed by atoms with Gasteiger partial charge in [0.25, 0.3) is 0 Å². The third kappa shape index (κ3) is 4.95. The molecule has 0 unspecified atom stereocenters. The van der Waals surface area contributed by atoms with Gasteiger partial charge < -0.3 is 4.90 Å². The Morgan fingerprint density at radius 3 is 1.86 bits per heavy atom. The van der Waals surface area contributed by atoms with E-state index in [2.05, 4.69) is 104 Å². The Kier molecular flexibility index (Phi) is 6.77. The summed E-state index contributed by atoms with van der Waals surface area (Å²) in [5, 5.41) is 0. The molecule has 0 atom stereocenters. The minimum atomic E-state index is 0.914. The minimum Gasteiger partial charge on any atom is -0.363 e. The molecule has 0 spiro atoms. The van der Waals surface area contributed by atoms with Crippen LogP contribution in [0.25, 0.3) is 11.1 Å². The van der Waals surface area contributed by atoms with Crippen LogP contribution in [-0.2, 0) is 19.5 Å². The molecule has 0 amide bonds. The van der Waals surface area contributed by atoms with Crippen LogP contribution in [0.4, 0.5) is 5.69 Å². The average Bonchev–Trinajstić information content (AvgIpc) is 2.87. The van der Waals surface area contributed by atoms with Crippen molar-refractivity contribution >= 4 is 37.5 Å². The number of rotatable bonds is 6. The van der Waals surface area contributed by atoms with Gasteiger partial charge in [-0.1, -0.05) is 82.3 Å². The van der Waals surface area contributed by atoms with Crippen LogP contribution in [0, 0.1) is 0 Å². The molecule has 4 rings (SSSR count). The van der Waals surface area contributed by atoms with Gasteiger partial charge in [-0.3, -0.25) is 0 Å². The lowest BCUT2D eigenvalue weighted by atomic mass is 9.97. The molecule has 1 nitrogen and oxygen atoms in total.